The number of nitrogens with one attached hydrogen (secondary N) is 1. The highest BCUT2D eigenvalue weighted by atomic mass is 32.1. The van der Waals surface area contributed by atoms with Crippen molar-refractivity contribution in [2.75, 3.05) is 32.8 Å². The van der Waals surface area contributed by atoms with Gasteiger partial charge < -0.3 is 14.6 Å². The highest BCUT2D eigenvalue weighted by Gasteiger charge is 2.40. The van der Waals surface area contributed by atoms with E-state index in [0.29, 0.717) is 6.61 Å². The molecule has 0 saturated carbocycles. The molecule has 1 aromatic carbocycles. The molecular weight excluding hydrogens is 382 g/mol. The van der Waals surface area contributed by atoms with E-state index in [4.69, 9.17) is 9.26 Å². The Morgan fingerprint density at radius 3 is 2.90 bits per heavy atom. The number of ether oxygens (including phenoxy) is 1. The van der Waals surface area contributed by atoms with E-state index in [0.717, 1.165) is 61.8 Å². The molecule has 154 valence electrons. The minimum atomic E-state index is -0.382. The number of unbranched alkanes of at least 4 members (excludes halogenated alkanes) is 1. The molecule has 1 unspecified atom stereocenters. The summed E-state index contributed by atoms with van der Waals surface area (Å²) < 4.78 is 11.9. The molecule has 5 nitrogen and oxygen atoms in total. The van der Waals surface area contributed by atoms with Crippen LogP contribution in [0.2, 0.25) is 0 Å². The number of benzene rings is 1. The number of hydrogen-bond acceptors (Lipinski definition) is 6. The van der Waals surface area contributed by atoms with Crippen LogP contribution in [-0.4, -0.2) is 42.8 Å². The standard InChI is InChI=1S/C23H29N3O2S/c1-2-27-23(19-9-4-3-5-10-19)18-24-13-15-26(23)14-7-6-11-20-17-21(25-28-20)22-12-8-16-29-22/h3-5,8-10,12,16-17,24H,2,6-7,11,13-15,18H2,1H3. The Labute approximate surface area is 176 Å². The van der Waals surface area contributed by atoms with Crippen molar-refractivity contribution in [1.82, 2.24) is 15.4 Å². The van der Waals surface area contributed by atoms with Crippen LogP contribution >= 0.6 is 11.3 Å². The number of thiophene rings is 1. The summed E-state index contributed by atoms with van der Waals surface area (Å²) in [6.07, 6.45) is 3.08. The number of hydrogen-bond donors (Lipinski definition) is 1. The van der Waals surface area contributed by atoms with E-state index >= 15 is 0 Å². The molecule has 0 aliphatic carbocycles. The monoisotopic (exact) mass is 411 g/mol. The maximum atomic E-state index is 6.37. The highest BCUT2D eigenvalue weighted by molar-refractivity contribution is 7.13. The van der Waals surface area contributed by atoms with Gasteiger partial charge in [-0.1, -0.05) is 41.6 Å². The van der Waals surface area contributed by atoms with E-state index in [-0.39, 0.29) is 5.72 Å². The van der Waals surface area contributed by atoms with E-state index in [1.807, 2.05) is 6.07 Å². The number of aromatic nitrogens is 1. The van der Waals surface area contributed by atoms with Crippen molar-refractivity contribution in [3.05, 3.63) is 65.2 Å². The zero-order valence-electron chi connectivity index (χ0n) is 17.0. The molecular formula is C23H29N3O2S. The van der Waals surface area contributed by atoms with Crippen LogP contribution in [0.5, 0.6) is 0 Å². The molecule has 2 aromatic heterocycles. The van der Waals surface area contributed by atoms with Crippen LogP contribution in [0, 0.1) is 0 Å². The van der Waals surface area contributed by atoms with E-state index < -0.39 is 0 Å². The van der Waals surface area contributed by atoms with Crippen molar-refractivity contribution >= 4 is 11.3 Å². The van der Waals surface area contributed by atoms with Crippen LogP contribution in [0.3, 0.4) is 0 Å². The number of piperazine rings is 1. The van der Waals surface area contributed by atoms with Crippen LogP contribution in [0.15, 0.2) is 58.4 Å². The van der Waals surface area contributed by atoms with Gasteiger partial charge in [-0.05, 0) is 31.2 Å². The van der Waals surface area contributed by atoms with Crippen molar-refractivity contribution in [3.63, 3.8) is 0 Å². The van der Waals surface area contributed by atoms with Gasteiger partial charge in [0.05, 0.1) is 4.88 Å². The van der Waals surface area contributed by atoms with Crippen molar-refractivity contribution in [3.8, 4) is 10.6 Å². The van der Waals surface area contributed by atoms with E-state index in [1.165, 1.54) is 5.56 Å². The Kier molecular flexibility index (Phi) is 6.77. The first kappa shape index (κ1) is 20.3. The fraction of sp³-hybridized carbons (Fsp3) is 0.435. The lowest BCUT2D eigenvalue weighted by molar-refractivity contribution is -0.171. The van der Waals surface area contributed by atoms with Crippen LogP contribution in [0.4, 0.5) is 0 Å². The fourth-order valence-corrected chi connectivity index (χ4v) is 4.76. The van der Waals surface area contributed by atoms with Crippen LogP contribution in [0.1, 0.15) is 31.1 Å². The maximum absolute atomic E-state index is 6.37. The van der Waals surface area contributed by atoms with Gasteiger partial charge in [0, 0.05) is 50.8 Å². The zero-order valence-corrected chi connectivity index (χ0v) is 17.8. The second kappa shape index (κ2) is 9.67. The Balaban J connectivity index is 1.36. The second-order valence-corrected chi connectivity index (χ2v) is 8.31. The third-order valence-electron chi connectivity index (χ3n) is 5.48. The number of aryl methyl sites for hydroxylation is 1. The Morgan fingerprint density at radius 1 is 1.21 bits per heavy atom. The molecule has 6 heteroatoms. The summed E-state index contributed by atoms with van der Waals surface area (Å²) >= 11 is 1.69. The highest BCUT2D eigenvalue weighted by Crippen LogP contribution is 2.32. The topological polar surface area (TPSA) is 50.5 Å². The average Bonchev–Trinajstić information content (AvgIpc) is 3.45. The lowest BCUT2D eigenvalue weighted by Crippen LogP contribution is -2.60. The minimum absolute atomic E-state index is 0.382. The van der Waals surface area contributed by atoms with Crippen molar-refractivity contribution in [2.24, 2.45) is 0 Å². The van der Waals surface area contributed by atoms with E-state index in [1.54, 1.807) is 11.3 Å². The SMILES string of the molecule is CCOC1(c2ccccc2)CNCCN1CCCCc1cc(-c2cccs2)no1. The van der Waals surface area contributed by atoms with E-state index in [2.05, 4.69) is 70.1 Å². The molecule has 1 atom stereocenters. The lowest BCUT2D eigenvalue weighted by atomic mass is 9.97. The summed E-state index contributed by atoms with van der Waals surface area (Å²) in [6.45, 7) is 6.57. The van der Waals surface area contributed by atoms with Crippen LogP contribution < -0.4 is 5.32 Å². The predicted molar refractivity (Wildman–Crippen MR) is 117 cm³/mol. The average molecular weight is 412 g/mol. The van der Waals surface area contributed by atoms with Gasteiger partial charge in [-0.3, -0.25) is 4.90 Å². The maximum Gasteiger partial charge on any atom is 0.160 e. The second-order valence-electron chi connectivity index (χ2n) is 7.36. The van der Waals surface area contributed by atoms with Crippen molar-refractivity contribution < 1.29 is 9.26 Å². The molecule has 0 spiro atoms. The normalized spacial score (nSPS) is 20.2. The Morgan fingerprint density at radius 2 is 2.10 bits per heavy atom. The lowest BCUT2D eigenvalue weighted by Gasteiger charge is -2.47. The molecule has 1 aliphatic heterocycles. The molecule has 1 saturated heterocycles. The van der Waals surface area contributed by atoms with Gasteiger partial charge in [0.2, 0.25) is 0 Å². The largest absolute Gasteiger partial charge is 0.361 e. The van der Waals surface area contributed by atoms with Crippen LogP contribution in [0.25, 0.3) is 10.6 Å². The molecule has 1 aliphatic rings. The van der Waals surface area contributed by atoms with E-state index in [9.17, 15) is 0 Å². The number of rotatable bonds is 9. The van der Waals surface area contributed by atoms with Gasteiger partial charge in [0.25, 0.3) is 0 Å². The summed E-state index contributed by atoms with van der Waals surface area (Å²) in [5.41, 5.74) is 1.79. The first-order valence-corrected chi connectivity index (χ1v) is 11.3. The summed E-state index contributed by atoms with van der Waals surface area (Å²) in [5.74, 6) is 0.966. The van der Waals surface area contributed by atoms with Crippen molar-refractivity contribution in [1.29, 1.82) is 0 Å². The van der Waals surface area contributed by atoms with Gasteiger partial charge in [-0.25, -0.2) is 0 Å². The third kappa shape index (κ3) is 4.61. The van der Waals surface area contributed by atoms with Gasteiger partial charge in [-0.15, -0.1) is 11.3 Å². The molecule has 29 heavy (non-hydrogen) atoms. The van der Waals surface area contributed by atoms with Crippen LogP contribution in [-0.2, 0) is 16.9 Å². The zero-order chi connectivity index (χ0) is 19.9. The first-order chi connectivity index (χ1) is 14.3. The third-order valence-corrected chi connectivity index (χ3v) is 6.37. The van der Waals surface area contributed by atoms with Gasteiger partial charge in [-0.2, -0.15) is 0 Å². The molecule has 1 N–H and O–H groups in total. The minimum Gasteiger partial charge on any atom is -0.361 e. The summed E-state index contributed by atoms with van der Waals surface area (Å²) in [6, 6.07) is 16.8. The molecule has 0 bridgehead atoms. The summed E-state index contributed by atoms with van der Waals surface area (Å²) in [4.78, 5) is 3.66. The smallest absolute Gasteiger partial charge is 0.160 e. The molecule has 3 aromatic rings. The Hall–Kier alpha value is -1.99. The molecule has 3 heterocycles. The summed E-state index contributed by atoms with van der Waals surface area (Å²) in [7, 11) is 0. The van der Waals surface area contributed by atoms with Gasteiger partial charge in [0.1, 0.15) is 11.5 Å². The molecule has 0 radical (unpaired) electrons. The Bertz CT molecular complexity index is 861. The predicted octanol–water partition coefficient (Wildman–Crippen LogP) is 4.52. The first-order valence-electron chi connectivity index (χ1n) is 10.5. The van der Waals surface area contributed by atoms with Gasteiger partial charge >= 0.3 is 0 Å². The van der Waals surface area contributed by atoms with Crippen molar-refractivity contribution in [2.45, 2.75) is 31.9 Å². The molecule has 1 fully saturated rings. The molecule has 4 rings (SSSR count). The van der Waals surface area contributed by atoms with Gasteiger partial charge in [0.15, 0.2) is 5.72 Å². The fourth-order valence-electron chi connectivity index (χ4n) is 4.08. The molecule has 0 amide bonds. The number of nitrogens with zero attached hydrogens (tertiary/aromatic N) is 2. The quantitative estimate of drug-likeness (QED) is 0.525. The summed E-state index contributed by atoms with van der Waals surface area (Å²) in [5, 5.41) is 9.81.